The number of carbonyl (C=O) groups is 1. The number of amides is 1. The maximum atomic E-state index is 12.7. The fraction of sp³-hybridized carbons (Fsp3) is 0.471. The molecule has 2 aromatic rings. The van der Waals surface area contributed by atoms with Crippen LogP contribution in [0.3, 0.4) is 0 Å². The topological polar surface area (TPSA) is 25.2 Å². The van der Waals surface area contributed by atoms with Gasteiger partial charge in [-0.3, -0.25) is 4.79 Å². The molecule has 112 valence electrons. The Balaban J connectivity index is 1.74. The van der Waals surface area contributed by atoms with Crippen LogP contribution in [0.2, 0.25) is 0 Å². The Morgan fingerprint density at radius 1 is 1.10 bits per heavy atom. The fourth-order valence-electron chi connectivity index (χ4n) is 3.00. The molecule has 1 fully saturated rings. The molecule has 0 aromatic carbocycles. The normalized spacial score (nSPS) is 17.4. The molecule has 0 N–H and O–H groups in total. The van der Waals surface area contributed by atoms with E-state index in [9.17, 15) is 4.79 Å². The molecule has 0 bridgehead atoms. The first kappa shape index (κ1) is 14.4. The van der Waals surface area contributed by atoms with Crippen molar-refractivity contribution < 1.29 is 4.79 Å². The van der Waals surface area contributed by atoms with E-state index in [1.807, 2.05) is 12.1 Å². The first-order valence-corrected chi connectivity index (χ1v) is 8.66. The van der Waals surface area contributed by atoms with Crippen LogP contribution in [-0.2, 0) is 4.79 Å². The first-order chi connectivity index (χ1) is 10.3. The number of thiophene rings is 1. The maximum absolute atomic E-state index is 12.7. The standard InChI is InChI=1S/C17H22N2OS/c20-17(19-11-3-1-2-4-12-19)14-15(16-8-7-13-21-16)18-9-5-6-10-18/h5-10,13,15H,1-4,11-12,14H2. The Bertz CT molecular complexity index is 505. The lowest BCUT2D eigenvalue weighted by Crippen LogP contribution is -2.33. The van der Waals surface area contributed by atoms with Gasteiger partial charge in [0.05, 0.1) is 12.5 Å². The zero-order valence-corrected chi connectivity index (χ0v) is 13.1. The summed E-state index contributed by atoms with van der Waals surface area (Å²) in [4.78, 5) is 16.0. The molecule has 1 atom stereocenters. The van der Waals surface area contributed by atoms with Gasteiger partial charge in [0.1, 0.15) is 0 Å². The molecule has 3 rings (SSSR count). The quantitative estimate of drug-likeness (QED) is 0.840. The molecule has 1 saturated heterocycles. The van der Waals surface area contributed by atoms with Crippen molar-refractivity contribution in [3.05, 3.63) is 46.9 Å². The van der Waals surface area contributed by atoms with E-state index in [-0.39, 0.29) is 6.04 Å². The molecule has 1 aliphatic rings. The summed E-state index contributed by atoms with van der Waals surface area (Å²) in [5.41, 5.74) is 0. The van der Waals surface area contributed by atoms with Crippen molar-refractivity contribution in [2.24, 2.45) is 0 Å². The second-order valence-electron chi connectivity index (χ2n) is 5.66. The average molecular weight is 302 g/mol. The number of hydrogen-bond donors (Lipinski definition) is 0. The van der Waals surface area contributed by atoms with Crippen LogP contribution < -0.4 is 0 Å². The van der Waals surface area contributed by atoms with Gasteiger partial charge < -0.3 is 9.47 Å². The molecule has 1 aliphatic heterocycles. The Kier molecular flexibility index (Phi) is 4.76. The molecule has 1 amide bonds. The summed E-state index contributed by atoms with van der Waals surface area (Å²) < 4.78 is 2.15. The van der Waals surface area contributed by atoms with Crippen molar-refractivity contribution in [3.8, 4) is 0 Å². The Hall–Kier alpha value is -1.55. The molecule has 2 aromatic heterocycles. The van der Waals surface area contributed by atoms with E-state index >= 15 is 0 Å². The molecule has 0 spiro atoms. The summed E-state index contributed by atoms with van der Waals surface area (Å²) in [6.45, 7) is 1.86. The van der Waals surface area contributed by atoms with Gasteiger partial charge in [-0.2, -0.15) is 0 Å². The summed E-state index contributed by atoms with van der Waals surface area (Å²) >= 11 is 1.73. The second kappa shape index (κ2) is 6.94. The number of nitrogens with zero attached hydrogens (tertiary/aromatic N) is 2. The molecule has 3 nitrogen and oxygen atoms in total. The van der Waals surface area contributed by atoms with Gasteiger partial charge in [0, 0.05) is 30.4 Å². The highest BCUT2D eigenvalue weighted by atomic mass is 32.1. The highest BCUT2D eigenvalue weighted by Crippen LogP contribution is 2.27. The molecule has 3 heterocycles. The molecule has 21 heavy (non-hydrogen) atoms. The van der Waals surface area contributed by atoms with Gasteiger partial charge in [-0.05, 0) is 36.4 Å². The van der Waals surface area contributed by atoms with Crippen LogP contribution in [0.15, 0.2) is 42.0 Å². The summed E-state index contributed by atoms with van der Waals surface area (Å²) in [5, 5.41) is 2.09. The highest BCUT2D eigenvalue weighted by Gasteiger charge is 2.22. The fourth-order valence-corrected chi connectivity index (χ4v) is 3.84. The monoisotopic (exact) mass is 302 g/mol. The van der Waals surface area contributed by atoms with Gasteiger partial charge in [0.25, 0.3) is 0 Å². The number of carbonyl (C=O) groups excluding carboxylic acids is 1. The molecule has 4 heteroatoms. The van der Waals surface area contributed by atoms with Gasteiger partial charge in [0.15, 0.2) is 0 Å². The molecule has 1 unspecified atom stereocenters. The predicted octanol–water partition coefficient (Wildman–Crippen LogP) is 3.93. The Morgan fingerprint density at radius 3 is 2.43 bits per heavy atom. The number of likely N-dealkylation sites (tertiary alicyclic amines) is 1. The summed E-state index contributed by atoms with van der Waals surface area (Å²) in [7, 11) is 0. The lowest BCUT2D eigenvalue weighted by molar-refractivity contribution is -0.131. The van der Waals surface area contributed by atoms with Crippen molar-refractivity contribution in [3.63, 3.8) is 0 Å². The van der Waals surface area contributed by atoms with Gasteiger partial charge in [-0.1, -0.05) is 18.9 Å². The van der Waals surface area contributed by atoms with Crippen LogP contribution in [-0.4, -0.2) is 28.5 Å². The van der Waals surface area contributed by atoms with Crippen LogP contribution in [0.1, 0.15) is 43.0 Å². The minimum atomic E-state index is 0.135. The van der Waals surface area contributed by atoms with E-state index in [0.29, 0.717) is 12.3 Å². The van der Waals surface area contributed by atoms with Crippen molar-refractivity contribution in [2.75, 3.05) is 13.1 Å². The predicted molar refractivity (Wildman–Crippen MR) is 86.6 cm³/mol. The van der Waals surface area contributed by atoms with Crippen LogP contribution in [0, 0.1) is 0 Å². The lowest BCUT2D eigenvalue weighted by atomic mass is 10.1. The molecule has 0 radical (unpaired) electrons. The Labute approximate surface area is 130 Å². The number of rotatable bonds is 4. The zero-order valence-electron chi connectivity index (χ0n) is 12.3. The van der Waals surface area contributed by atoms with Crippen molar-refractivity contribution in [1.82, 2.24) is 9.47 Å². The third-order valence-electron chi connectivity index (χ3n) is 4.19. The zero-order chi connectivity index (χ0) is 14.5. The second-order valence-corrected chi connectivity index (χ2v) is 6.64. The maximum Gasteiger partial charge on any atom is 0.225 e. The van der Waals surface area contributed by atoms with Gasteiger partial charge >= 0.3 is 0 Å². The number of aromatic nitrogens is 1. The average Bonchev–Trinajstić information content (AvgIpc) is 3.14. The number of hydrogen-bond acceptors (Lipinski definition) is 2. The highest BCUT2D eigenvalue weighted by molar-refractivity contribution is 7.10. The van der Waals surface area contributed by atoms with E-state index in [1.165, 1.54) is 17.7 Å². The van der Waals surface area contributed by atoms with E-state index in [2.05, 4.69) is 39.4 Å². The van der Waals surface area contributed by atoms with Gasteiger partial charge in [-0.15, -0.1) is 11.3 Å². The minimum Gasteiger partial charge on any atom is -0.346 e. The van der Waals surface area contributed by atoms with Crippen molar-refractivity contribution in [1.29, 1.82) is 0 Å². The molecular weight excluding hydrogens is 280 g/mol. The lowest BCUT2D eigenvalue weighted by Gasteiger charge is -2.24. The van der Waals surface area contributed by atoms with E-state index < -0.39 is 0 Å². The smallest absolute Gasteiger partial charge is 0.225 e. The van der Waals surface area contributed by atoms with Crippen molar-refractivity contribution in [2.45, 2.75) is 38.1 Å². The minimum absolute atomic E-state index is 0.135. The summed E-state index contributed by atoms with van der Waals surface area (Å²) in [6, 6.07) is 8.38. The summed E-state index contributed by atoms with van der Waals surface area (Å²) in [6.07, 6.45) is 9.50. The first-order valence-electron chi connectivity index (χ1n) is 7.78. The third-order valence-corrected chi connectivity index (χ3v) is 5.16. The SMILES string of the molecule is O=C(CC(c1cccs1)n1cccc1)N1CCCCCC1. The molecule has 0 saturated carbocycles. The van der Waals surface area contributed by atoms with E-state index in [0.717, 1.165) is 25.9 Å². The van der Waals surface area contributed by atoms with E-state index in [4.69, 9.17) is 0 Å². The van der Waals surface area contributed by atoms with Crippen molar-refractivity contribution >= 4 is 17.2 Å². The van der Waals surface area contributed by atoms with Crippen LogP contribution in [0.4, 0.5) is 0 Å². The summed E-state index contributed by atoms with van der Waals surface area (Å²) in [5.74, 6) is 0.295. The van der Waals surface area contributed by atoms with Crippen LogP contribution in [0.25, 0.3) is 0 Å². The Morgan fingerprint density at radius 2 is 1.81 bits per heavy atom. The molecular formula is C17H22N2OS. The van der Waals surface area contributed by atoms with Gasteiger partial charge in [0.2, 0.25) is 5.91 Å². The van der Waals surface area contributed by atoms with Crippen LogP contribution in [0.5, 0.6) is 0 Å². The van der Waals surface area contributed by atoms with Crippen LogP contribution >= 0.6 is 11.3 Å². The molecule has 0 aliphatic carbocycles. The van der Waals surface area contributed by atoms with Gasteiger partial charge in [-0.25, -0.2) is 0 Å². The third kappa shape index (κ3) is 3.56. The van der Waals surface area contributed by atoms with E-state index in [1.54, 1.807) is 11.3 Å². The largest absolute Gasteiger partial charge is 0.346 e.